The second-order valence-corrected chi connectivity index (χ2v) is 10.4. The number of fused-ring (bicyclic) bond motifs is 1. The summed E-state index contributed by atoms with van der Waals surface area (Å²) in [6.07, 6.45) is 0.100. The monoisotopic (exact) mass is 524 g/mol. The van der Waals surface area contributed by atoms with Crippen molar-refractivity contribution in [1.29, 1.82) is 0 Å². The smallest absolute Gasteiger partial charge is 0.416 e. The maximum atomic E-state index is 13.8. The van der Waals surface area contributed by atoms with E-state index < -0.39 is 17.2 Å². The van der Waals surface area contributed by atoms with Crippen molar-refractivity contribution >= 4 is 23.3 Å². The molecular formula is C30H31F3N2O3. The fraction of sp³-hybridized carbons (Fsp3) is 0.467. The normalized spacial score (nSPS) is 17.8. The lowest BCUT2D eigenvalue weighted by Crippen LogP contribution is -2.47. The quantitative estimate of drug-likeness (QED) is 0.343. The third-order valence-corrected chi connectivity index (χ3v) is 7.78. The van der Waals surface area contributed by atoms with Crippen LogP contribution in [0.4, 0.5) is 24.5 Å². The van der Waals surface area contributed by atoms with Gasteiger partial charge < -0.3 is 14.5 Å². The van der Waals surface area contributed by atoms with Crippen molar-refractivity contribution in [3.8, 4) is 11.8 Å². The molecule has 3 aliphatic rings. The van der Waals surface area contributed by atoms with Gasteiger partial charge in [0.15, 0.2) is 0 Å². The zero-order valence-corrected chi connectivity index (χ0v) is 21.4. The number of anilines is 2. The number of para-hydroxylation sites is 2. The van der Waals surface area contributed by atoms with Crippen LogP contribution in [0.1, 0.15) is 61.6 Å². The van der Waals surface area contributed by atoms with Crippen LogP contribution in [-0.4, -0.2) is 38.1 Å². The number of methoxy groups -OCH3 is 1. The number of esters is 1. The van der Waals surface area contributed by atoms with E-state index in [4.69, 9.17) is 0 Å². The van der Waals surface area contributed by atoms with E-state index in [9.17, 15) is 22.8 Å². The van der Waals surface area contributed by atoms with Gasteiger partial charge >= 0.3 is 12.1 Å². The molecule has 5 rings (SSSR count). The Kier molecular flexibility index (Phi) is 7.13. The molecule has 0 unspecified atom stereocenters. The number of benzene rings is 2. The molecule has 1 aliphatic heterocycles. The fourth-order valence-corrected chi connectivity index (χ4v) is 5.33. The Morgan fingerprint density at radius 2 is 1.82 bits per heavy atom. The molecule has 1 amide bonds. The predicted octanol–water partition coefficient (Wildman–Crippen LogP) is 5.74. The number of amides is 1. The first-order chi connectivity index (χ1) is 18.2. The van der Waals surface area contributed by atoms with Gasteiger partial charge in [0, 0.05) is 31.1 Å². The summed E-state index contributed by atoms with van der Waals surface area (Å²) >= 11 is 0. The highest BCUT2D eigenvalue weighted by Crippen LogP contribution is 2.53. The Balaban J connectivity index is 1.32. The van der Waals surface area contributed by atoms with E-state index in [1.54, 1.807) is 0 Å². The molecule has 2 aromatic rings. The highest BCUT2D eigenvalue weighted by Gasteiger charge is 2.52. The summed E-state index contributed by atoms with van der Waals surface area (Å²) in [6, 6.07) is 12.4. The molecule has 0 aromatic heterocycles. The Hall–Kier alpha value is -3.47. The van der Waals surface area contributed by atoms with Crippen molar-refractivity contribution in [3.63, 3.8) is 0 Å². The summed E-state index contributed by atoms with van der Waals surface area (Å²) in [6.45, 7) is 1.37. The second-order valence-electron chi connectivity index (χ2n) is 10.4. The lowest BCUT2D eigenvalue weighted by Gasteiger charge is -2.39. The molecule has 0 radical (unpaired) electrons. The molecule has 2 fully saturated rings. The minimum atomic E-state index is -4.50. The molecule has 2 aromatic carbocycles. The van der Waals surface area contributed by atoms with Crippen molar-refractivity contribution in [2.45, 2.75) is 63.6 Å². The largest absolute Gasteiger partial charge is 0.469 e. The number of rotatable bonds is 7. The van der Waals surface area contributed by atoms with E-state index in [1.165, 1.54) is 32.1 Å². The number of aryl methyl sites for hydroxylation is 1. The molecule has 0 bridgehead atoms. The van der Waals surface area contributed by atoms with Gasteiger partial charge in [-0.15, -0.1) is 0 Å². The van der Waals surface area contributed by atoms with Gasteiger partial charge in [0.1, 0.15) is 0 Å². The van der Waals surface area contributed by atoms with Gasteiger partial charge in [-0.2, -0.15) is 13.2 Å². The summed E-state index contributed by atoms with van der Waals surface area (Å²) in [7, 11) is 1.29. The Bertz CT molecular complexity index is 1290. The standard InChI is InChI=1S/C30H31F3N2O3/c1-38-27(36)9-5-2-6-21-10-13-24(30(31,32)33)22(20-21)14-15-29(16-17-29)28(37)35-19-18-34(23-11-12-23)25-7-3-4-8-26(25)35/h3-4,7-8,10,13,20,23H,5,9,11-12,14-19H2,1H3. The molecule has 8 heteroatoms. The summed E-state index contributed by atoms with van der Waals surface area (Å²) < 4.78 is 46.0. The number of hydrogen-bond donors (Lipinski definition) is 0. The van der Waals surface area contributed by atoms with Gasteiger partial charge in [-0.3, -0.25) is 9.59 Å². The fourth-order valence-electron chi connectivity index (χ4n) is 5.33. The van der Waals surface area contributed by atoms with Crippen LogP contribution in [0.3, 0.4) is 0 Å². The maximum absolute atomic E-state index is 13.8. The number of ether oxygens (including phenoxy) is 1. The van der Waals surface area contributed by atoms with Crippen LogP contribution in [0.15, 0.2) is 42.5 Å². The first-order valence-corrected chi connectivity index (χ1v) is 13.2. The summed E-state index contributed by atoms with van der Waals surface area (Å²) in [4.78, 5) is 29.3. The molecule has 200 valence electrons. The Labute approximate surface area is 220 Å². The average molecular weight is 525 g/mol. The van der Waals surface area contributed by atoms with Crippen molar-refractivity contribution in [2.24, 2.45) is 5.41 Å². The Morgan fingerprint density at radius 3 is 2.47 bits per heavy atom. The van der Waals surface area contributed by atoms with E-state index in [0.717, 1.165) is 24.0 Å². The molecule has 0 N–H and O–H groups in total. The summed E-state index contributed by atoms with van der Waals surface area (Å²) in [5.41, 5.74) is 1.27. The molecule has 0 saturated heterocycles. The van der Waals surface area contributed by atoms with Gasteiger partial charge in [-0.05, 0) is 74.4 Å². The molecule has 1 heterocycles. The zero-order chi connectivity index (χ0) is 26.9. The minimum absolute atomic E-state index is 0.0210. The molecule has 2 aliphatic carbocycles. The number of hydrogen-bond acceptors (Lipinski definition) is 4. The van der Waals surface area contributed by atoms with Gasteiger partial charge in [0.2, 0.25) is 5.91 Å². The number of carbonyl (C=O) groups is 2. The molecular weight excluding hydrogens is 493 g/mol. The molecule has 38 heavy (non-hydrogen) atoms. The van der Waals surface area contributed by atoms with E-state index in [2.05, 4.69) is 27.5 Å². The lowest BCUT2D eigenvalue weighted by molar-refractivity contribution is -0.140. The Morgan fingerprint density at radius 1 is 1.08 bits per heavy atom. The van der Waals surface area contributed by atoms with Crippen molar-refractivity contribution in [3.05, 3.63) is 59.2 Å². The molecule has 0 spiro atoms. The van der Waals surface area contributed by atoms with E-state index >= 15 is 0 Å². The second kappa shape index (κ2) is 10.4. The van der Waals surface area contributed by atoms with E-state index in [0.29, 0.717) is 37.4 Å². The number of nitrogens with zero attached hydrogens (tertiary/aromatic N) is 2. The zero-order valence-electron chi connectivity index (χ0n) is 21.4. The van der Waals surface area contributed by atoms with Crippen molar-refractivity contribution in [1.82, 2.24) is 0 Å². The first kappa shape index (κ1) is 26.1. The highest BCUT2D eigenvalue weighted by molar-refractivity contribution is 6.02. The highest BCUT2D eigenvalue weighted by atomic mass is 19.4. The van der Waals surface area contributed by atoms with Crippen LogP contribution in [0.2, 0.25) is 0 Å². The summed E-state index contributed by atoms with van der Waals surface area (Å²) in [5.74, 6) is 5.32. The van der Waals surface area contributed by atoms with Crippen LogP contribution < -0.4 is 9.80 Å². The van der Waals surface area contributed by atoms with Crippen LogP contribution in [-0.2, 0) is 26.9 Å². The number of carbonyl (C=O) groups excluding carboxylic acids is 2. The maximum Gasteiger partial charge on any atom is 0.416 e. The van der Waals surface area contributed by atoms with Gasteiger partial charge in [0.05, 0.1) is 35.9 Å². The van der Waals surface area contributed by atoms with Crippen LogP contribution in [0.5, 0.6) is 0 Å². The van der Waals surface area contributed by atoms with Crippen LogP contribution in [0, 0.1) is 17.3 Å². The molecule has 5 nitrogen and oxygen atoms in total. The van der Waals surface area contributed by atoms with Crippen LogP contribution in [0.25, 0.3) is 0 Å². The number of halogens is 3. The molecule has 0 atom stereocenters. The number of alkyl halides is 3. The predicted molar refractivity (Wildman–Crippen MR) is 139 cm³/mol. The topological polar surface area (TPSA) is 49.9 Å². The lowest BCUT2D eigenvalue weighted by atomic mass is 9.91. The van der Waals surface area contributed by atoms with E-state index in [1.807, 2.05) is 23.1 Å². The third kappa shape index (κ3) is 5.52. The third-order valence-electron chi connectivity index (χ3n) is 7.78. The SMILES string of the molecule is COC(=O)CCC#Cc1ccc(C(F)(F)F)c(CCC2(C(=O)N3CCN(C4CC4)c4ccccc43)CC2)c1. The van der Waals surface area contributed by atoms with Gasteiger partial charge in [0.25, 0.3) is 0 Å². The van der Waals surface area contributed by atoms with Gasteiger partial charge in [-0.1, -0.05) is 24.0 Å². The summed E-state index contributed by atoms with van der Waals surface area (Å²) in [5, 5.41) is 0. The van der Waals surface area contributed by atoms with Crippen molar-refractivity contribution in [2.75, 3.05) is 30.0 Å². The average Bonchev–Trinajstić information content (AvgIpc) is 3.84. The van der Waals surface area contributed by atoms with Crippen LogP contribution >= 0.6 is 0 Å². The van der Waals surface area contributed by atoms with Crippen molar-refractivity contribution < 1.29 is 27.5 Å². The molecule has 2 saturated carbocycles. The minimum Gasteiger partial charge on any atom is -0.469 e. The van der Waals surface area contributed by atoms with E-state index in [-0.39, 0.29) is 36.7 Å². The first-order valence-electron chi connectivity index (χ1n) is 13.2. The van der Waals surface area contributed by atoms with Gasteiger partial charge in [-0.25, -0.2) is 0 Å².